The molecule has 0 unspecified atom stereocenters. The summed E-state index contributed by atoms with van der Waals surface area (Å²) >= 11 is 6.35. The van der Waals surface area contributed by atoms with E-state index in [0.717, 1.165) is 70.3 Å². The molecule has 5 heteroatoms. The quantitative estimate of drug-likeness (QED) is 0.145. The lowest BCUT2D eigenvalue weighted by molar-refractivity contribution is 1.32. The molecule has 0 atom stereocenters. The molecule has 0 saturated heterocycles. The number of fused-ring (bicyclic) bond motifs is 2. The molecular formula is C42H29N3S2. The van der Waals surface area contributed by atoms with E-state index in [1.165, 1.54) is 16.7 Å². The van der Waals surface area contributed by atoms with Crippen molar-refractivity contribution >= 4 is 50.4 Å². The van der Waals surface area contributed by atoms with E-state index in [4.69, 9.17) is 17.6 Å². The maximum atomic E-state index is 4.74. The number of thiazole rings is 1. The van der Waals surface area contributed by atoms with Gasteiger partial charge in [-0.1, -0.05) is 97.1 Å². The van der Waals surface area contributed by atoms with Gasteiger partial charge < -0.3 is 0 Å². The van der Waals surface area contributed by atoms with E-state index < -0.39 is 0 Å². The zero-order valence-electron chi connectivity index (χ0n) is 25.6. The predicted octanol–water partition coefficient (Wildman–Crippen LogP) is 11.9. The first-order chi connectivity index (χ1) is 23.2. The lowest BCUT2D eigenvalue weighted by Crippen LogP contribution is -1.94. The zero-order valence-corrected chi connectivity index (χ0v) is 27.3. The standard InChI is InChI=1S/C42H29N3S2/c1-2-39(46)29-18-31(23-43-21-29)41-35-14-8-9-15-36(35)42(32-19-30(22-44-24-32)40-25-45-26-47-40)38-20-28(16-17-37(38)41)34-13-7-6-12-33(34)27-10-4-3-5-11-27/h2-26,46H,1H3/b39-2-. The van der Waals surface area contributed by atoms with Crippen molar-refractivity contribution < 1.29 is 0 Å². The van der Waals surface area contributed by atoms with Crippen molar-refractivity contribution in [1.29, 1.82) is 0 Å². The Balaban J connectivity index is 1.47. The number of nitrogens with zero attached hydrogens (tertiary/aromatic N) is 3. The Labute approximate surface area is 283 Å². The molecule has 0 aliphatic heterocycles. The van der Waals surface area contributed by atoms with Crippen molar-refractivity contribution in [2.24, 2.45) is 0 Å². The van der Waals surface area contributed by atoms with Gasteiger partial charge in [0.25, 0.3) is 0 Å². The molecule has 3 aromatic heterocycles. The third-order valence-electron chi connectivity index (χ3n) is 8.69. The SMILES string of the molecule is C/C=C(\S)c1cncc(-c2c3ccccc3c(-c3cncc(-c4cncs4)c3)c3cc(-c4ccccc4-c4ccccc4)ccc23)c1. The van der Waals surface area contributed by atoms with Gasteiger partial charge in [0.2, 0.25) is 0 Å². The topological polar surface area (TPSA) is 38.7 Å². The van der Waals surface area contributed by atoms with Gasteiger partial charge in [0.1, 0.15) is 0 Å². The molecule has 0 radical (unpaired) electrons. The van der Waals surface area contributed by atoms with Crippen molar-refractivity contribution in [2.75, 3.05) is 0 Å². The minimum Gasteiger partial charge on any atom is -0.263 e. The summed E-state index contributed by atoms with van der Waals surface area (Å²) in [4.78, 5) is 15.7. The van der Waals surface area contributed by atoms with Gasteiger partial charge in [0, 0.05) is 58.1 Å². The Kier molecular flexibility index (Phi) is 7.70. The van der Waals surface area contributed by atoms with Gasteiger partial charge in [-0.15, -0.1) is 24.0 Å². The monoisotopic (exact) mass is 639 g/mol. The van der Waals surface area contributed by atoms with Crippen molar-refractivity contribution in [3.8, 4) is 54.9 Å². The molecule has 224 valence electrons. The van der Waals surface area contributed by atoms with Gasteiger partial charge in [-0.2, -0.15) is 0 Å². The lowest BCUT2D eigenvalue weighted by Gasteiger charge is -2.19. The fourth-order valence-electron chi connectivity index (χ4n) is 6.53. The lowest BCUT2D eigenvalue weighted by atomic mass is 9.84. The molecule has 5 aromatic carbocycles. The number of aromatic nitrogens is 3. The summed E-state index contributed by atoms with van der Waals surface area (Å²) in [6, 6.07) is 39.3. The maximum Gasteiger partial charge on any atom is 0.0797 e. The first-order valence-electron chi connectivity index (χ1n) is 15.5. The van der Waals surface area contributed by atoms with E-state index >= 15 is 0 Å². The normalized spacial score (nSPS) is 11.7. The molecule has 0 N–H and O–H groups in total. The largest absolute Gasteiger partial charge is 0.263 e. The molecule has 0 amide bonds. The number of thiol groups is 1. The number of allylic oxidation sites excluding steroid dienone is 1. The first kappa shape index (κ1) is 29.1. The van der Waals surface area contributed by atoms with E-state index in [9.17, 15) is 0 Å². The third kappa shape index (κ3) is 5.34. The molecular weight excluding hydrogens is 611 g/mol. The summed E-state index contributed by atoms with van der Waals surface area (Å²) in [5.74, 6) is 0. The molecule has 8 rings (SSSR count). The average molecular weight is 640 g/mol. The second-order valence-electron chi connectivity index (χ2n) is 11.4. The molecule has 8 aromatic rings. The summed E-state index contributed by atoms with van der Waals surface area (Å²) in [5, 5.41) is 4.64. The fourth-order valence-corrected chi connectivity index (χ4v) is 7.25. The van der Waals surface area contributed by atoms with Crippen LogP contribution in [0.1, 0.15) is 12.5 Å². The first-order valence-corrected chi connectivity index (χ1v) is 16.8. The van der Waals surface area contributed by atoms with Crippen LogP contribution < -0.4 is 0 Å². The highest BCUT2D eigenvalue weighted by Crippen LogP contribution is 2.46. The van der Waals surface area contributed by atoms with Gasteiger partial charge in [-0.05, 0) is 80.0 Å². The van der Waals surface area contributed by atoms with E-state index in [1.54, 1.807) is 11.3 Å². The molecule has 3 heterocycles. The van der Waals surface area contributed by atoms with Crippen LogP contribution >= 0.6 is 24.0 Å². The van der Waals surface area contributed by atoms with Gasteiger partial charge in [0.15, 0.2) is 0 Å². The van der Waals surface area contributed by atoms with E-state index in [1.807, 2.05) is 49.5 Å². The van der Waals surface area contributed by atoms with Crippen LogP contribution in [-0.4, -0.2) is 15.0 Å². The van der Waals surface area contributed by atoms with Gasteiger partial charge in [-0.3, -0.25) is 15.0 Å². The molecule has 0 spiro atoms. The molecule has 47 heavy (non-hydrogen) atoms. The second kappa shape index (κ2) is 12.4. The van der Waals surface area contributed by atoms with Crippen molar-refractivity contribution in [2.45, 2.75) is 6.92 Å². The summed E-state index contributed by atoms with van der Waals surface area (Å²) < 4.78 is 0. The fraction of sp³-hybridized carbons (Fsp3) is 0.0238. The average Bonchev–Trinajstić information content (AvgIpc) is 3.69. The van der Waals surface area contributed by atoms with Crippen LogP contribution in [0.15, 0.2) is 152 Å². The predicted molar refractivity (Wildman–Crippen MR) is 203 cm³/mol. The molecule has 3 nitrogen and oxygen atoms in total. The smallest absolute Gasteiger partial charge is 0.0797 e. The van der Waals surface area contributed by atoms with Crippen LogP contribution in [0.5, 0.6) is 0 Å². The molecule has 0 aliphatic rings. The van der Waals surface area contributed by atoms with Crippen LogP contribution in [0.4, 0.5) is 0 Å². The number of hydrogen-bond donors (Lipinski definition) is 1. The number of benzene rings is 5. The van der Waals surface area contributed by atoms with Crippen molar-refractivity contribution in [3.05, 3.63) is 157 Å². The summed E-state index contributed by atoms with van der Waals surface area (Å²) in [6.45, 7) is 2.00. The molecule has 0 fully saturated rings. The molecule has 0 saturated carbocycles. The number of rotatable bonds is 6. The van der Waals surface area contributed by atoms with Gasteiger partial charge >= 0.3 is 0 Å². The minimum absolute atomic E-state index is 0.898. The summed E-state index contributed by atoms with van der Waals surface area (Å²) in [5.41, 5.74) is 13.1. The highest BCUT2D eigenvalue weighted by molar-refractivity contribution is 7.90. The van der Waals surface area contributed by atoms with Crippen LogP contribution in [0, 0.1) is 0 Å². The molecule has 0 aliphatic carbocycles. The Bertz CT molecular complexity index is 2430. The highest BCUT2D eigenvalue weighted by Gasteiger charge is 2.19. The van der Waals surface area contributed by atoms with Crippen LogP contribution in [0.2, 0.25) is 0 Å². The van der Waals surface area contributed by atoms with Crippen LogP contribution in [0.3, 0.4) is 0 Å². The van der Waals surface area contributed by atoms with E-state index in [-0.39, 0.29) is 0 Å². The van der Waals surface area contributed by atoms with Crippen molar-refractivity contribution in [3.63, 3.8) is 0 Å². The van der Waals surface area contributed by atoms with Crippen LogP contribution in [0.25, 0.3) is 81.4 Å². The minimum atomic E-state index is 0.898. The summed E-state index contributed by atoms with van der Waals surface area (Å²) in [6.07, 6.45) is 11.7. The van der Waals surface area contributed by atoms with Crippen LogP contribution in [-0.2, 0) is 0 Å². The Hall–Kier alpha value is -5.36. The third-order valence-corrected chi connectivity index (χ3v) is 10.0. The Morgan fingerprint density at radius 2 is 1.15 bits per heavy atom. The van der Waals surface area contributed by atoms with Crippen molar-refractivity contribution in [1.82, 2.24) is 15.0 Å². The van der Waals surface area contributed by atoms with E-state index in [2.05, 4.69) is 119 Å². The Morgan fingerprint density at radius 3 is 1.87 bits per heavy atom. The maximum absolute atomic E-state index is 4.74. The summed E-state index contributed by atoms with van der Waals surface area (Å²) in [7, 11) is 0. The van der Waals surface area contributed by atoms with Gasteiger partial charge in [0.05, 0.1) is 10.4 Å². The van der Waals surface area contributed by atoms with Gasteiger partial charge in [-0.25, -0.2) is 0 Å². The van der Waals surface area contributed by atoms with E-state index in [0.29, 0.717) is 0 Å². The zero-order chi connectivity index (χ0) is 31.7. The second-order valence-corrected chi connectivity index (χ2v) is 12.8. The molecule has 0 bridgehead atoms. The number of hydrogen-bond acceptors (Lipinski definition) is 5. The number of pyridine rings is 2. The highest BCUT2D eigenvalue weighted by atomic mass is 32.1. The Morgan fingerprint density at radius 1 is 0.532 bits per heavy atom.